The Hall–Kier alpha value is -3.54. The van der Waals surface area contributed by atoms with Gasteiger partial charge in [0.05, 0.1) is 17.8 Å². The summed E-state index contributed by atoms with van der Waals surface area (Å²) in [4.78, 5) is 20.6. The van der Waals surface area contributed by atoms with Gasteiger partial charge in [0.1, 0.15) is 12.0 Å². The van der Waals surface area contributed by atoms with Crippen molar-refractivity contribution in [3.8, 4) is 0 Å². The molecular weight excluding hydrogens is 473 g/mol. The normalized spacial score (nSPS) is 16.3. The molecule has 184 valence electrons. The van der Waals surface area contributed by atoms with E-state index >= 15 is 0 Å². The number of carbonyl (C=O) groups is 1. The van der Waals surface area contributed by atoms with Crippen LogP contribution in [0.1, 0.15) is 21.5 Å². The van der Waals surface area contributed by atoms with Crippen molar-refractivity contribution in [3.05, 3.63) is 83.3 Å². The van der Waals surface area contributed by atoms with E-state index in [0.29, 0.717) is 31.0 Å². The number of halogens is 1. The van der Waals surface area contributed by atoms with Crippen molar-refractivity contribution in [3.63, 3.8) is 0 Å². The van der Waals surface area contributed by atoms with Crippen LogP contribution in [0.5, 0.6) is 0 Å². The van der Waals surface area contributed by atoms with Crippen LogP contribution in [0.15, 0.2) is 65.8 Å². The van der Waals surface area contributed by atoms with Crippen LogP contribution in [0, 0.1) is 12.7 Å². The van der Waals surface area contributed by atoms with Crippen LogP contribution in [-0.4, -0.2) is 55.2 Å². The molecule has 1 fully saturated rings. The number of primary sulfonamides is 1. The fourth-order valence-electron chi connectivity index (χ4n) is 4.11. The molecule has 9 nitrogen and oxygen atoms in total. The maximum Gasteiger partial charge on any atom is 0.257 e. The predicted molar refractivity (Wildman–Crippen MR) is 130 cm³/mol. The number of aliphatic hydroxyl groups excluding tert-OH is 1. The lowest BCUT2D eigenvalue weighted by atomic mass is 10.1. The van der Waals surface area contributed by atoms with Gasteiger partial charge in [0, 0.05) is 37.1 Å². The summed E-state index contributed by atoms with van der Waals surface area (Å²) in [6.07, 6.45) is 0.192. The first-order valence-corrected chi connectivity index (χ1v) is 12.5. The summed E-state index contributed by atoms with van der Waals surface area (Å²) in [5.41, 5.74) is 2.30. The second-order valence-corrected chi connectivity index (χ2v) is 9.74. The van der Waals surface area contributed by atoms with Gasteiger partial charge in [0.15, 0.2) is 5.03 Å². The van der Waals surface area contributed by atoms with Gasteiger partial charge in [-0.3, -0.25) is 4.79 Å². The molecule has 1 saturated heterocycles. The number of nitrogens with zero attached hydrogens (tertiary/aromatic N) is 3. The van der Waals surface area contributed by atoms with E-state index in [2.05, 4.69) is 10.3 Å². The number of hydrogen-bond acceptors (Lipinski definition) is 7. The van der Waals surface area contributed by atoms with Crippen molar-refractivity contribution in [1.29, 1.82) is 0 Å². The molecule has 0 aliphatic carbocycles. The molecule has 0 bridgehead atoms. The molecule has 1 unspecified atom stereocenters. The molecule has 1 aliphatic rings. The first-order valence-electron chi connectivity index (χ1n) is 10.9. The van der Waals surface area contributed by atoms with Crippen LogP contribution >= 0.6 is 0 Å². The Morgan fingerprint density at radius 2 is 1.86 bits per heavy atom. The van der Waals surface area contributed by atoms with E-state index in [0.717, 1.165) is 5.56 Å². The number of hydrogen-bond donors (Lipinski definition) is 3. The zero-order chi connectivity index (χ0) is 25.2. The Morgan fingerprint density at radius 3 is 2.49 bits per heavy atom. The SMILES string of the molecule is Cc1c(S(N)(=O)=O)ncc(C(=O)N2CCN(c3ccc(F)cc3)C(O)C2)c1NCc1ccccc1. The van der Waals surface area contributed by atoms with E-state index in [9.17, 15) is 22.7 Å². The third-order valence-electron chi connectivity index (χ3n) is 5.89. The zero-order valence-corrected chi connectivity index (χ0v) is 19.9. The summed E-state index contributed by atoms with van der Waals surface area (Å²) in [5.74, 6) is -0.784. The third kappa shape index (κ3) is 5.42. The Labute approximate surface area is 203 Å². The number of aromatic nitrogens is 1. The molecule has 1 atom stereocenters. The highest BCUT2D eigenvalue weighted by Gasteiger charge is 2.31. The molecule has 11 heteroatoms. The average molecular weight is 500 g/mol. The van der Waals surface area contributed by atoms with Gasteiger partial charge in [-0.25, -0.2) is 22.9 Å². The summed E-state index contributed by atoms with van der Waals surface area (Å²) >= 11 is 0. The number of rotatable bonds is 6. The lowest BCUT2D eigenvalue weighted by Crippen LogP contribution is -2.55. The van der Waals surface area contributed by atoms with E-state index in [-0.39, 0.29) is 28.5 Å². The second-order valence-electron chi connectivity index (χ2n) is 8.26. The Balaban J connectivity index is 1.60. The minimum Gasteiger partial charge on any atom is -0.380 e. The lowest BCUT2D eigenvalue weighted by molar-refractivity contribution is 0.0522. The van der Waals surface area contributed by atoms with Gasteiger partial charge in [0.2, 0.25) is 0 Å². The van der Waals surface area contributed by atoms with Crippen molar-refractivity contribution in [2.45, 2.75) is 24.7 Å². The molecule has 2 heterocycles. The van der Waals surface area contributed by atoms with Gasteiger partial charge in [-0.2, -0.15) is 0 Å². The number of β-amino-alcohol motifs (C(OH)–C–C–N with tert-alkyl or cyclic N) is 1. The van der Waals surface area contributed by atoms with Gasteiger partial charge in [0.25, 0.3) is 15.9 Å². The van der Waals surface area contributed by atoms with Crippen molar-refractivity contribution in [1.82, 2.24) is 9.88 Å². The first kappa shape index (κ1) is 24.6. The number of piperazine rings is 1. The number of anilines is 2. The molecule has 35 heavy (non-hydrogen) atoms. The Bertz CT molecular complexity index is 1320. The van der Waals surface area contributed by atoms with E-state index in [1.807, 2.05) is 30.3 Å². The first-order chi connectivity index (χ1) is 16.6. The molecule has 3 aromatic rings. The minimum absolute atomic E-state index is 0.00429. The Morgan fingerprint density at radius 1 is 1.17 bits per heavy atom. The summed E-state index contributed by atoms with van der Waals surface area (Å²) in [6.45, 7) is 2.51. The van der Waals surface area contributed by atoms with Crippen LogP contribution < -0.4 is 15.4 Å². The van der Waals surface area contributed by atoms with E-state index < -0.39 is 22.2 Å². The highest BCUT2D eigenvalue weighted by Crippen LogP contribution is 2.28. The van der Waals surface area contributed by atoms with Crippen molar-refractivity contribution < 1.29 is 22.7 Å². The smallest absolute Gasteiger partial charge is 0.257 e. The number of aliphatic hydroxyl groups is 1. The van der Waals surface area contributed by atoms with Crippen LogP contribution in [0.25, 0.3) is 0 Å². The second kappa shape index (κ2) is 9.98. The maximum atomic E-state index is 13.5. The fourth-order valence-corrected chi connectivity index (χ4v) is 4.84. The van der Waals surface area contributed by atoms with E-state index in [4.69, 9.17) is 5.14 Å². The van der Waals surface area contributed by atoms with Crippen molar-refractivity contribution in [2.24, 2.45) is 5.14 Å². The highest BCUT2D eigenvalue weighted by molar-refractivity contribution is 7.89. The lowest BCUT2D eigenvalue weighted by Gasteiger charge is -2.40. The molecule has 4 rings (SSSR count). The standard InChI is InChI=1S/C24H26FN5O4S/c1-16-22(27-13-17-5-3-2-4-6-17)20(14-28-23(16)35(26,33)34)24(32)29-11-12-30(21(31)15-29)19-9-7-18(25)8-10-19/h2-10,14,21,31H,11-13,15H2,1H3,(H,27,28)(H2,26,33,34). The molecule has 0 saturated carbocycles. The quantitative estimate of drug-likeness (QED) is 0.474. The summed E-state index contributed by atoms with van der Waals surface area (Å²) in [6, 6.07) is 15.2. The number of pyridine rings is 1. The topological polar surface area (TPSA) is 129 Å². The predicted octanol–water partition coefficient (Wildman–Crippen LogP) is 2.07. The maximum absolute atomic E-state index is 13.5. The monoisotopic (exact) mass is 499 g/mol. The summed E-state index contributed by atoms with van der Waals surface area (Å²) < 4.78 is 37.3. The van der Waals surface area contributed by atoms with Gasteiger partial charge in [-0.15, -0.1) is 0 Å². The van der Waals surface area contributed by atoms with Gasteiger partial charge < -0.3 is 20.2 Å². The number of carbonyl (C=O) groups excluding carboxylic acids is 1. The molecule has 0 spiro atoms. The average Bonchev–Trinajstić information content (AvgIpc) is 2.83. The molecule has 4 N–H and O–H groups in total. The van der Waals surface area contributed by atoms with Crippen LogP contribution in [0.2, 0.25) is 0 Å². The molecule has 0 radical (unpaired) electrons. The summed E-state index contributed by atoms with van der Waals surface area (Å²) in [7, 11) is -4.11. The third-order valence-corrected chi connectivity index (χ3v) is 6.84. The number of benzene rings is 2. The molecule has 1 aliphatic heterocycles. The van der Waals surface area contributed by atoms with Crippen LogP contribution in [0.4, 0.5) is 15.8 Å². The molecule has 1 amide bonds. The van der Waals surface area contributed by atoms with Crippen LogP contribution in [0.3, 0.4) is 0 Å². The number of sulfonamides is 1. The fraction of sp³-hybridized carbons (Fsp3) is 0.250. The van der Waals surface area contributed by atoms with Crippen molar-refractivity contribution >= 4 is 27.3 Å². The summed E-state index contributed by atoms with van der Waals surface area (Å²) in [5, 5.41) is 18.9. The van der Waals surface area contributed by atoms with Crippen molar-refractivity contribution in [2.75, 3.05) is 29.9 Å². The van der Waals surface area contributed by atoms with Crippen LogP contribution in [-0.2, 0) is 16.6 Å². The number of nitrogens with two attached hydrogens (primary N) is 1. The van der Waals surface area contributed by atoms with Gasteiger partial charge in [-0.1, -0.05) is 30.3 Å². The molecule has 2 aromatic carbocycles. The Kier molecular flexibility index (Phi) is 7.01. The van der Waals surface area contributed by atoms with Gasteiger partial charge >= 0.3 is 0 Å². The highest BCUT2D eigenvalue weighted by atomic mass is 32.2. The number of nitrogens with one attached hydrogen (secondary N) is 1. The molecular formula is C24H26FN5O4S. The number of amides is 1. The van der Waals surface area contributed by atoms with E-state index in [1.54, 1.807) is 17.0 Å². The zero-order valence-electron chi connectivity index (χ0n) is 19.1. The largest absolute Gasteiger partial charge is 0.380 e. The van der Waals surface area contributed by atoms with Gasteiger partial charge in [-0.05, 0) is 36.8 Å². The minimum atomic E-state index is -4.11. The van der Waals surface area contributed by atoms with E-state index in [1.165, 1.54) is 30.2 Å². The molecule has 1 aromatic heterocycles.